The number of morpholine rings is 1. The third kappa shape index (κ3) is 4.76. The first-order chi connectivity index (χ1) is 16.1. The third-order valence-electron chi connectivity index (χ3n) is 5.37. The van der Waals surface area contributed by atoms with Gasteiger partial charge in [-0.15, -0.1) is 11.3 Å². The molecule has 7 nitrogen and oxygen atoms in total. The highest BCUT2D eigenvalue weighted by atomic mass is 32.1. The van der Waals surface area contributed by atoms with E-state index in [4.69, 9.17) is 19.8 Å². The van der Waals surface area contributed by atoms with Crippen molar-refractivity contribution in [2.75, 3.05) is 51.8 Å². The van der Waals surface area contributed by atoms with Crippen molar-refractivity contribution < 1.29 is 4.74 Å². The summed E-state index contributed by atoms with van der Waals surface area (Å²) in [4.78, 5) is 15.1. The lowest BCUT2D eigenvalue weighted by molar-refractivity contribution is 0.122. The van der Waals surface area contributed by atoms with Gasteiger partial charge in [0.25, 0.3) is 5.95 Å². The van der Waals surface area contributed by atoms with E-state index < -0.39 is 0 Å². The Morgan fingerprint density at radius 3 is 2.76 bits per heavy atom. The molecule has 1 aromatic carbocycles. The highest BCUT2D eigenvalue weighted by molar-refractivity contribution is 7.20. The number of hydrogen-bond donors (Lipinski definition) is 0. The van der Waals surface area contributed by atoms with Crippen LogP contribution in [0, 0.1) is 18.8 Å². The largest absolute Gasteiger partial charge is 0.378 e. The molecule has 0 bridgehead atoms. The molecule has 168 valence electrons. The zero-order valence-electron chi connectivity index (χ0n) is 19.1. The number of ether oxygens (including phenoxy) is 1. The fourth-order valence-electron chi connectivity index (χ4n) is 3.73. The van der Waals surface area contributed by atoms with Gasteiger partial charge < -0.3 is 9.64 Å². The third-order valence-corrected chi connectivity index (χ3v) is 6.40. The minimum atomic E-state index is 0.563. The summed E-state index contributed by atoms with van der Waals surface area (Å²) in [5.41, 5.74) is 4.08. The van der Waals surface area contributed by atoms with Crippen molar-refractivity contribution in [3.05, 3.63) is 53.0 Å². The van der Waals surface area contributed by atoms with Gasteiger partial charge in [-0.2, -0.15) is 10.1 Å². The van der Waals surface area contributed by atoms with Crippen molar-refractivity contribution in [1.82, 2.24) is 24.6 Å². The van der Waals surface area contributed by atoms with Gasteiger partial charge in [-0.3, -0.25) is 4.90 Å². The molecule has 4 heterocycles. The number of thiophene rings is 1. The van der Waals surface area contributed by atoms with Gasteiger partial charge in [-0.1, -0.05) is 35.6 Å². The Morgan fingerprint density at radius 1 is 1.12 bits per heavy atom. The number of hydrogen-bond acceptors (Lipinski definition) is 7. The molecule has 8 heteroatoms. The summed E-state index contributed by atoms with van der Waals surface area (Å²) in [6.07, 6.45) is 1.92. The van der Waals surface area contributed by atoms with E-state index in [1.165, 1.54) is 5.56 Å². The van der Waals surface area contributed by atoms with Crippen LogP contribution in [0.4, 0.5) is 5.82 Å². The Hall–Kier alpha value is -3.25. The molecule has 5 rings (SSSR count). The SMILES string of the molecule is Cc1cccc(-c2ccn(-c3nc(N4CCOCC4)c4sc(C#CCN(C)C)cc4n3)n2)c1. The average molecular weight is 459 g/mol. The van der Waals surface area contributed by atoms with Gasteiger partial charge in [-0.25, -0.2) is 9.67 Å². The first kappa shape index (κ1) is 21.6. The molecule has 0 amide bonds. The molecule has 1 aliphatic heterocycles. The lowest BCUT2D eigenvalue weighted by atomic mass is 10.1. The zero-order chi connectivity index (χ0) is 22.8. The van der Waals surface area contributed by atoms with Crippen LogP contribution < -0.4 is 4.90 Å². The number of aromatic nitrogens is 4. The second-order valence-electron chi connectivity index (χ2n) is 8.33. The van der Waals surface area contributed by atoms with Crippen molar-refractivity contribution in [3.63, 3.8) is 0 Å². The second kappa shape index (κ2) is 9.32. The monoisotopic (exact) mass is 458 g/mol. The maximum Gasteiger partial charge on any atom is 0.253 e. The smallest absolute Gasteiger partial charge is 0.253 e. The van der Waals surface area contributed by atoms with Gasteiger partial charge in [0.05, 0.1) is 40.5 Å². The average Bonchev–Trinajstić information content (AvgIpc) is 3.46. The molecule has 0 saturated carbocycles. The quantitative estimate of drug-likeness (QED) is 0.436. The molecule has 1 aliphatic rings. The van der Waals surface area contributed by atoms with E-state index in [9.17, 15) is 0 Å². The van der Waals surface area contributed by atoms with E-state index in [0.29, 0.717) is 19.2 Å². The molecule has 4 aromatic rings. The van der Waals surface area contributed by atoms with Crippen molar-refractivity contribution in [2.24, 2.45) is 0 Å². The molecule has 0 N–H and O–H groups in total. The molecule has 1 saturated heterocycles. The van der Waals surface area contributed by atoms with Crippen LogP contribution in [-0.4, -0.2) is 71.6 Å². The van der Waals surface area contributed by atoms with Crippen LogP contribution in [0.25, 0.3) is 27.4 Å². The summed E-state index contributed by atoms with van der Waals surface area (Å²) >= 11 is 1.65. The molecule has 0 spiro atoms. The lowest BCUT2D eigenvalue weighted by Crippen LogP contribution is -2.37. The number of aryl methyl sites for hydroxylation is 1. The Kier molecular flexibility index (Phi) is 6.09. The lowest BCUT2D eigenvalue weighted by Gasteiger charge is -2.28. The zero-order valence-corrected chi connectivity index (χ0v) is 19.9. The number of nitrogens with zero attached hydrogens (tertiary/aromatic N) is 6. The van der Waals surface area contributed by atoms with Crippen molar-refractivity contribution in [2.45, 2.75) is 6.92 Å². The molecule has 1 fully saturated rings. The molecule has 0 aliphatic carbocycles. The predicted molar refractivity (Wildman–Crippen MR) is 133 cm³/mol. The summed E-state index contributed by atoms with van der Waals surface area (Å²) in [7, 11) is 4.03. The molecule has 3 aromatic heterocycles. The Labute approximate surface area is 197 Å². The highest BCUT2D eigenvalue weighted by Gasteiger charge is 2.20. The van der Waals surface area contributed by atoms with Crippen LogP contribution in [0.1, 0.15) is 10.4 Å². The van der Waals surface area contributed by atoms with E-state index >= 15 is 0 Å². The minimum absolute atomic E-state index is 0.563. The van der Waals surface area contributed by atoms with Gasteiger partial charge >= 0.3 is 0 Å². The Morgan fingerprint density at radius 2 is 1.97 bits per heavy atom. The van der Waals surface area contributed by atoms with Gasteiger partial charge in [0, 0.05) is 24.8 Å². The maximum atomic E-state index is 5.56. The van der Waals surface area contributed by atoms with E-state index in [1.54, 1.807) is 16.0 Å². The second-order valence-corrected chi connectivity index (χ2v) is 9.38. The first-order valence-electron chi connectivity index (χ1n) is 11.0. The Balaban J connectivity index is 1.56. The maximum absolute atomic E-state index is 5.56. The van der Waals surface area contributed by atoms with E-state index in [0.717, 1.165) is 51.8 Å². The van der Waals surface area contributed by atoms with Crippen molar-refractivity contribution >= 4 is 27.4 Å². The van der Waals surface area contributed by atoms with Crippen LogP contribution >= 0.6 is 11.3 Å². The molecular formula is C25H26N6OS. The molecule has 0 atom stereocenters. The summed E-state index contributed by atoms with van der Waals surface area (Å²) in [6, 6.07) is 12.4. The highest BCUT2D eigenvalue weighted by Crippen LogP contribution is 2.33. The van der Waals surface area contributed by atoms with Crippen molar-refractivity contribution in [3.8, 4) is 29.0 Å². The molecule has 0 unspecified atom stereocenters. The van der Waals surface area contributed by atoms with Gasteiger partial charge in [0.15, 0.2) is 5.82 Å². The van der Waals surface area contributed by atoms with Gasteiger partial charge in [-0.05, 0) is 39.2 Å². The summed E-state index contributed by atoms with van der Waals surface area (Å²) in [6.45, 7) is 5.80. The fraction of sp³-hybridized carbons (Fsp3) is 0.320. The molecular weight excluding hydrogens is 432 g/mol. The summed E-state index contributed by atoms with van der Waals surface area (Å²) in [5.74, 6) is 7.99. The van der Waals surface area contributed by atoms with Crippen LogP contribution in [0.15, 0.2) is 42.6 Å². The van der Waals surface area contributed by atoms with Crippen LogP contribution in [0.3, 0.4) is 0 Å². The minimum Gasteiger partial charge on any atom is -0.378 e. The summed E-state index contributed by atoms with van der Waals surface area (Å²) in [5, 5.41) is 4.78. The first-order valence-corrected chi connectivity index (χ1v) is 11.8. The Bertz CT molecular complexity index is 1340. The van der Waals surface area contributed by atoms with Crippen LogP contribution in [0.5, 0.6) is 0 Å². The predicted octanol–water partition coefficient (Wildman–Crippen LogP) is 3.60. The number of rotatable bonds is 4. The van der Waals surface area contributed by atoms with E-state index in [1.807, 2.05) is 32.4 Å². The van der Waals surface area contributed by atoms with Gasteiger partial charge in [0.1, 0.15) is 0 Å². The van der Waals surface area contributed by atoms with Crippen LogP contribution in [0.2, 0.25) is 0 Å². The number of benzene rings is 1. The summed E-state index contributed by atoms with van der Waals surface area (Å²) < 4.78 is 8.38. The van der Waals surface area contributed by atoms with Crippen LogP contribution in [-0.2, 0) is 4.74 Å². The normalized spacial score (nSPS) is 14.0. The van der Waals surface area contributed by atoms with E-state index in [-0.39, 0.29) is 0 Å². The van der Waals surface area contributed by atoms with E-state index in [2.05, 4.69) is 52.8 Å². The number of fused-ring (bicyclic) bond motifs is 1. The van der Waals surface area contributed by atoms with Gasteiger partial charge in [0.2, 0.25) is 0 Å². The topological polar surface area (TPSA) is 59.3 Å². The molecule has 0 radical (unpaired) electrons. The molecule has 33 heavy (non-hydrogen) atoms. The number of anilines is 1. The van der Waals surface area contributed by atoms with Crippen molar-refractivity contribution in [1.29, 1.82) is 0 Å². The fourth-order valence-corrected chi connectivity index (χ4v) is 4.72. The standard InChI is InChI=1S/C25H26N6OS/c1-18-6-4-7-19(16-18)21-9-11-31(28-21)25-26-22-17-20(8-5-10-29(2)3)33-23(22)24(27-25)30-12-14-32-15-13-30/h4,6-7,9,11,16-17H,10,12-15H2,1-3H3.